The van der Waals surface area contributed by atoms with Crippen LogP contribution in [0.4, 0.5) is 8.78 Å². The maximum absolute atomic E-state index is 13.5. The maximum Gasteiger partial charge on any atom is 0.343 e. The number of esters is 1. The highest BCUT2D eigenvalue weighted by Gasteiger charge is 2.19. The Balaban J connectivity index is 0.000000167. The minimum atomic E-state index is -0.759. The Labute approximate surface area is 158 Å². The fraction of sp³-hybridized carbons (Fsp3) is 0.0556. The summed E-state index contributed by atoms with van der Waals surface area (Å²) in [6.45, 7) is 0. The van der Waals surface area contributed by atoms with Crippen LogP contribution in [-0.2, 0) is 4.74 Å². The van der Waals surface area contributed by atoms with Crippen LogP contribution in [-0.4, -0.2) is 43.1 Å². The number of hydrogen-bond donors (Lipinski definition) is 0. The van der Waals surface area contributed by atoms with Crippen LogP contribution < -0.4 is 0 Å². The molecule has 0 aliphatic rings. The predicted octanol–water partition coefficient (Wildman–Crippen LogP) is 2.60. The summed E-state index contributed by atoms with van der Waals surface area (Å²) in [6, 6.07) is 10.3. The van der Waals surface area contributed by atoms with Gasteiger partial charge < -0.3 is 4.74 Å². The number of benzene rings is 2. The third kappa shape index (κ3) is 4.23. The van der Waals surface area contributed by atoms with Gasteiger partial charge in [-0.05, 0) is 24.3 Å². The first kappa shape index (κ1) is 18.8. The van der Waals surface area contributed by atoms with Gasteiger partial charge in [0.2, 0.25) is 0 Å². The van der Waals surface area contributed by atoms with Crippen molar-refractivity contribution in [3.63, 3.8) is 0 Å². The van der Waals surface area contributed by atoms with Gasteiger partial charge in [-0.25, -0.2) is 13.6 Å². The van der Waals surface area contributed by atoms with Crippen LogP contribution in [0.3, 0.4) is 0 Å². The summed E-state index contributed by atoms with van der Waals surface area (Å²) in [7, 11) is 1.19. The lowest BCUT2D eigenvalue weighted by Gasteiger charge is -2.07. The number of carbonyl (C=O) groups excluding carboxylic acids is 1. The Morgan fingerprint density at radius 1 is 0.893 bits per heavy atom. The van der Waals surface area contributed by atoms with Gasteiger partial charge in [0, 0.05) is 6.07 Å². The molecule has 4 rings (SSSR count). The van der Waals surface area contributed by atoms with Gasteiger partial charge in [0.15, 0.2) is 0 Å². The molecule has 8 nitrogen and oxygen atoms in total. The van der Waals surface area contributed by atoms with E-state index in [9.17, 15) is 13.6 Å². The SMILES string of the molecule is COC(=O)c1c(F)cccc1-n1nccn1.Fc1cccc(-n2nccn2)c1. The monoisotopic (exact) mass is 384 g/mol. The molecule has 0 aliphatic carbocycles. The first-order valence-corrected chi connectivity index (χ1v) is 7.96. The molecule has 0 unspecified atom stereocenters. The predicted molar refractivity (Wildman–Crippen MR) is 94.0 cm³/mol. The van der Waals surface area contributed by atoms with E-state index in [4.69, 9.17) is 0 Å². The van der Waals surface area contributed by atoms with Gasteiger partial charge in [-0.3, -0.25) is 0 Å². The summed E-state index contributed by atoms with van der Waals surface area (Å²) in [4.78, 5) is 13.9. The van der Waals surface area contributed by atoms with Crippen LogP contribution in [0.2, 0.25) is 0 Å². The minimum Gasteiger partial charge on any atom is -0.465 e. The van der Waals surface area contributed by atoms with Gasteiger partial charge in [0.25, 0.3) is 0 Å². The van der Waals surface area contributed by atoms with Crippen molar-refractivity contribution in [1.82, 2.24) is 30.0 Å². The lowest BCUT2D eigenvalue weighted by molar-refractivity contribution is 0.0595. The third-order valence-electron chi connectivity index (χ3n) is 3.47. The standard InChI is InChI=1S/C10H8FN3O2.C8H6FN3/c1-16-10(15)9-7(11)3-2-4-8(9)14-12-5-6-13-14;9-7-2-1-3-8(6-7)12-10-4-5-11-12/h2-6H,1H3;1-6H. The smallest absolute Gasteiger partial charge is 0.343 e. The second kappa shape index (κ2) is 8.62. The molecule has 0 spiro atoms. The molecule has 0 radical (unpaired) electrons. The fourth-order valence-corrected chi connectivity index (χ4v) is 2.27. The average molecular weight is 384 g/mol. The molecular formula is C18H14F2N6O2. The summed E-state index contributed by atoms with van der Waals surface area (Å²) < 4.78 is 30.7. The van der Waals surface area contributed by atoms with Crippen LogP contribution in [0.1, 0.15) is 10.4 Å². The van der Waals surface area contributed by atoms with Gasteiger partial charge in [0.05, 0.1) is 37.6 Å². The highest BCUT2D eigenvalue weighted by atomic mass is 19.1. The molecule has 0 bridgehead atoms. The van der Waals surface area contributed by atoms with E-state index in [2.05, 4.69) is 25.1 Å². The summed E-state index contributed by atoms with van der Waals surface area (Å²) in [6.07, 6.45) is 5.97. The van der Waals surface area contributed by atoms with Gasteiger partial charge >= 0.3 is 5.97 Å². The van der Waals surface area contributed by atoms with E-state index in [1.54, 1.807) is 24.5 Å². The summed E-state index contributed by atoms with van der Waals surface area (Å²) in [5.41, 5.74) is 0.693. The Hall–Kier alpha value is -3.95. The van der Waals surface area contributed by atoms with E-state index in [1.807, 2.05) is 0 Å². The minimum absolute atomic E-state index is 0.179. The fourth-order valence-electron chi connectivity index (χ4n) is 2.27. The number of ether oxygens (including phenoxy) is 1. The number of hydrogen-bond acceptors (Lipinski definition) is 6. The maximum atomic E-state index is 13.5. The molecular weight excluding hydrogens is 370 g/mol. The zero-order valence-electron chi connectivity index (χ0n) is 14.6. The van der Waals surface area contributed by atoms with Crippen molar-refractivity contribution in [2.24, 2.45) is 0 Å². The molecule has 2 aromatic heterocycles. The third-order valence-corrected chi connectivity index (χ3v) is 3.47. The van der Waals surface area contributed by atoms with Crippen molar-refractivity contribution >= 4 is 5.97 Å². The van der Waals surface area contributed by atoms with Crippen LogP contribution in [0, 0.1) is 11.6 Å². The second-order valence-corrected chi connectivity index (χ2v) is 5.24. The van der Waals surface area contributed by atoms with E-state index in [0.29, 0.717) is 5.69 Å². The molecule has 0 saturated carbocycles. The molecule has 0 atom stereocenters. The molecule has 10 heteroatoms. The van der Waals surface area contributed by atoms with Crippen LogP contribution >= 0.6 is 0 Å². The lowest BCUT2D eigenvalue weighted by Crippen LogP contribution is -2.12. The van der Waals surface area contributed by atoms with Crippen molar-refractivity contribution in [2.45, 2.75) is 0 Å². The quantitative estimate of drug-likeness (QED) is 0.505. The zero-order chi connectivity index (χ0) is 19.9. The molecule has 0 aliphatic heterocycles. The number of halogens is 2. The van der Waals surface area contributed by atoms with Crippen molar-refractivity contribution < 1.29 is 18.3 Å². The first-order valence-electron chi connectivity index (χ1n) is 7.96. The van der Waals surface area contributed by atoms with Gasteiger partial charge in [-0.1, -0.05) is 12.1 Å². The molecule has 2 heterocycles. The Bertz CT molecular complexity index is 1050. The number of rotatable bonds is 3. The number of nitrogens with zero attached hydrogens (tertiary/aromatic N) is 6. The molecule has 142 valence electrons. The molecule has 0 saturated heterocycles. The van der Waals surface area contributed by atoms with Crippen molar-refractivity contribution in [3.8, 4) is 11.4 Å². The first-order chi connectivity index (χ1) is 13.6. The molecule has 28 heavy (non-hydrogen) atoms. The van der Waals surface area contributed by atoms with Gasteiger partial charge in [-0.15, -0.1) is 0 Å². The molecule has 0 fully saturated rings. The van der Waals surface area contributed by atoms with Crippen LogP contribution in [0.5, 0.6) is 0 Å². The largest absolute Gasteiger partial charge is 0.465 e. The second-order valence-electron chi connectivity index (χ2n) is 5.24. The zero-order valence-corrected chi connectivity index (χ0v) is 14.6. The van der Waals surface area contributed by atoms with E-state index < -0.39 is 11.8 Å². The molecule has 0 N–H and O–H groups in total. The summed E-state index contributed by atoms with van der Waals surface area (Å²) in [5, 5.41) is 15.4. The Morgan fingerprint density at radius 2 is 1.50 bits per heavy atom. The number of methoxy groups -OCH3 is 1. The highest BCUT2D eigenvalue weighted by molar-refractivity contribution is 5.93. The highest BCUT2D eigenvalue weighted by Crippen LogP contribution is 2.17. The van der Waals surface area contributed by atoms with Crippen LogP contribution in [0.25, 0.3) is 11.4 Å². The van der Waals surface area contributed by atoms with Crippen molar-refractivity contribution in [3.05, 3.63) is 84.4 Å². The molecule has 4 aromatic rings. The average Bonchev–Trinajstić information content (AvgIpc) is 3.42. The lowest BCUT2D eigenvalue weighted by atomic mass is 10.1. The van der Waals surface area contributed by atoms with E-state index in [1.165, 1.54) is 54.6 Å². The number of carbonyl (C=O) groups is 1. The van der Waals surface area contributed by atoms with E-state index in [0.717, 1.165) is 4.80 Å². The molecule has 0 amide bonds. The Morgan fingerprint density at radius 3 is 2.11 bits per heavy atom. The Kier molecular flexibility index (Phi) is 5.80. The normalized spacial score (nSPS) is 10.1. The summed E-state index contributed by atoms with van der Waals surface area (Å²) >= 11 is 0. The van der Waals surface area contributed by atoms with Gasteiger partial charge in [-0.2, -0.15) is 30.0 Å². The number of aromatic nitrogens is 6. The topological polar surface area (TPSA) is 87.7 Å². The molecule has 2 aromatic carbocycles. The van der Waals surface area contributed by atoms with E-state index >= 15 is 0 Å². The van der Waals surface area contributed by atoms with Crippen molar-refractivity contribution in [2.75, 3.05) is 7.11 Å². The van der Waals surface area contributed by atoms with Crippen molar-refractivity contribution in [1.29, 1.82) is 0 Å². The van der Waals surface area contributed by atoms with Crippen LogP contribution in [0.15, 0.2) is 67.3 Å². The summed E-state index contributed by atoms with van der Waals surface area (Å²) in [5.74, 6) is -1.71. The van der Waals surface area contributed by atoms with Gasteiger partial charge in [0.1, 0.15) is 22.9 Å². The van der Waals surface area contributed by atoms with E-state index in [-0.39, 0.29) is 17.1 Å².